The first-order valence-corrected chi connectivity index (χ1v) is 9.07. The molecule has 24 heavy (non-hydrogen) atoms. The van der Waals surface area contributed by atoms with Crippen molar-refractivity contribution >= 4 is 28.5 Å². The average Bonchev–Trinajstić information content (AvgIpc) is 3.39. The minimum atomic E-state index is 0.0318. The minimum Gasteiger partial charge on any atom is -0.395 e. The van der Waals surface area contributed by atoms with E-state index < -0.39 is 0 Å². The van der Waals surface area contributed by atoms with Crippen molar-refractivity contribution in [3.05, 3.63) is 42.0 Å². The van der Waals surface area contributed by atoms with E-state index in [2.05, 4.69) is 40.5 Å². The number of hydrogen-bond donors (Lipinski definition) is 2. The molecule has 0 spiro atoms. The molecular formula is C18H20N4OS. The van der Waals surface area contributed by atoms with Gasteiger partial charge in [0.2, 0.25) is 5.95 Å². The standard InChI is InChI=1S/C18H20N4OS/c1-11(10-23)24-18-21-20-17(19)22(18)16-9-8-13(12-6-7-12)14-4-2-3-5-15(14)16/h2-5,8-9,11-12,23H,6-7,10H2,1H3,(H2,19,20). The summed E-state index contributed by atoms with van der Waals surface area (Å²) in [6.07, 6.45) is 2.54. The lowest BCUT2D eigenvalue weighted by atomic mass is 9.99. The van der Waals surface area contributed by atoms with Crippen LogP contribution in [0.4, 0.5) is 5.95 Å². The third kappa shape index (κ3) is 2.65. The van der Waals surface area contributed by atoms with Crippen LogP contribution in [0.2, 0.25) is 0 Å². The summed E-state index contributed by atoms with van der Waals surface area (Å²) >= 11 is 1.48. The Morgan fingerprint density at radius 2 is 1.96 bits per heavy atom. The molecule has 124 valence electrons. The summed E-state index contributed by atoms with van der Waals surface area (Å²) < 4.78 is 1.88. The molecule has 1 unspecified atom stereocenters. The van der Waals surface area contributed by atoms with Crippen LogP contribution < -0.4 is 5.73 Å². The van der Waals surface area contributed by atoms with Crippen molar-refractivity contribution in [3.8, 4) is 5.69 Å². The van der Waals surface area contributed by atoms with Crippen LogP contribution in [0.5, 0.6) is 0 Å². The fourth-order valence-electron chi connectivity index (χ4n) is 3.05. The maximum absolute atomic E-state index is 9.33. The van der Waals surface area contributed by atoms with E-state index in [0.717, 1.165) is 11.1 Å². The number of thioether (sulfide) groups is 1. The third-order valence-electron chi connectivity index (χ3n) is 4.41. The molecule has 3 aromatic rings. The van der Waals surface area contributed by atoms with Crippen LogP contribution in [0.1, 0.15) is 31.2 Å². The predicted octanol–water partition coefficient (Wildman–Crippen LogP) is 3.35. The largest absolute Gasteiger partial charge is 0.395 e. The van der Waals surface area contributed by atoms with Gasteiger partial charge in [0.25, 0.3) is 0 Å². The summed E-state index contributed by atoms with van der Waals surface area (Å²) in [6, 6.07) is 12.8. The van der Waals surface area contributed by atoms with Gasteiger partial charge in [-0.05, 0) is 35.8 Å². The zero-order chi connectivity index (χ0) is 16.7. The maximum atomic E-state index is 9.33. The molecule has 0 amide bonds. The molecule has 1 saturated carbocycles. The Morgan fingerprint density at radius 1 is 1.21 bits per heavy atom. The number of rotatable bonds is 5. The van der Waals surface area contributed by atoms with E-state index in [1.54, 1.807) is 0 Å². The number of nitrogens with two attached hydrogens (primary N) is 1. The Labute approximate surface area is 144 Å². The van der Waals surface area contributed by atoms with Crippen LogP contribution in [0, 0.1) is 0 Å². The van der Waals surface area contributed by atoms with E-state index >= 15 is 0 Å². The minimum absolute atomic E-state index is 0.0318. The molecule has 1 atom stereocenters. The number of aromatic nitrogens is 3. The Hall–Kier alpha value is -2.05. The van der Waals surface area contributed by atoms with Gasteiger partial charge in [-0.25, -0.2) is 0 Å². The molecule has 1 aliphatic carbocycles. The molecule has 4 rings (SSSR count). The molecule has 1 heterocycles. The number of nitrogen functional groups attached to an aromatic ring is 1. The number of hydrogen-bond acceptors (Lipinski definition) is 5. The molecular weight excluding hydrogens is 320 g/mol. The number of anilines is 1. The molecule has 0 radical (unpaired) electrons. The molecule has 0 aliphatic heterocycles. The molecule has 5 nitrogen and oxygen atoms in total. The molecule has 0 saturated heterocycles. The number of aliphatic hydroxyl groups is 1. The highest BCUT2D eigenvalue weighted by Crippen LogP contribution is 2.44. The fourth-order valence-corrected chi connectivity index (χ4v) is 3.87. The zero-order valence-corrected chi connectivity index (χ0v) is 14.3. The van der Waals surface area contributed by atoms with Crippen molar-refractivity contribution in [1.29, 1.82) is 0 Å². The lowest BCUT2D eigenvalue weighted by molar-refractivity contribution is 0.300. The summed E-state index contributed by atoms with van der Waals surface area (Å²) in [7, 11) is 0. The van der Waals surface area contributed by atoms with Gasteiger partial charge in [-0.15, -0.1) is 10.2 Å². The van der Waals surface area contributed by atoms with Crippen LogP contribution >= 0.6 is 11.8 Å². The molecule has 0 bridgehead atoms. The second-order valence-electron chi connectivity index (χ2n) is 6.28. The van der Waals surface area contributed by atoms with E-state index in [1.165, 1.54) is 35.6 Å². The second kappa shape index (κ2) is 6.11. The lowest BCUT2D eigenvalue weighted by Crippen LogP contribution is -2.07. The number of nitrogens with zero attached hydrogens (tertiary/aromatic N) is 3. The Balaban J connectivity index is 1.89. The van der Waals surface area contributed by atoms with Crippen molar-refractivity contribution in [2.75, 3.05) is 12.3 Å². The second-order valence-corrected chi connectivity index (χ2v) is 7.69. The van der Waals surface area contributed by atoms with Crippen LogP contribution in [-0.4, -0.2) is 31.7 Å². The van der Waals surface area contributed by atoms with Gasteiger partial charge in [-0.2, -0.15) is 0 Å². The maximum Gasteiger partial charge on any atom is 0.227 e. The summed E-state index contributed by atoms with van der Waals surface area (Å²) in [6.45, 7) is 2.03. The first-order chi connectivity index (χ1) is 11.7. The van der Waals surface area contributed by atoms with Crippen LogP contribution in [0.25, 0.3) is 16.5 Å². The number of fused-ring (bicyclic) bond motifs is 1. The quantitative estimate of drug-likeness (QED) is 0.697. The highest BCUT2D eigenvalue weighted by molar-refractivity contribution is 7.99. The van der Waals surface area contributed by atoms with Crippen LogP contribution in [-0.2, 0) is 0 Å². The highest BCUT2D eigenvalue weighted by atomic mass is 32.2. The Bertz CT molecular complexity index is 888. The van der Waals surface area contributed by atoms with Crippen molar-refractivity contribution in [3.63, 3.8) is 0 Å². The smallest absolute Gasteiger partial charge is 0.227 e. The van der Waals surface area contributed by atoms with Gasteiger partial charge in [0.15, 0.2) is 5.16 Å². The van der Waals surface area contributed by atoms with Gasteiger partial charge in [0.1, 0.15) is 0 Å². The summed E-state index contributed by atoms with van der Waals surface area (Å²) in [5, 5.41) is 20.7. The third-order valence-corrected chi connectivity index (χ3v) is 5.44. The first-order valence-electron chi connectivity index (χ1n) is 8.19. The van der Waals surface area contributed by atoms with Gasteiger partial charge < -0.3 is 10.8 Å². The summed E-state index contributed by atoms with van der Waals surface area (Å²) in [5.74, 6) is 1.05. The predicted molar refractivity (Wildman–Crippen MR) is 97.7 cm³/mol. The molecule has 3 N–H and O–H groups in total. The van der Waals surface area contributed by atoms with Gasteiger partial charge in [-0.3, -0.25) is 4.57 Å². The first kappa shape index (κ1) is 15.5. The Kier molecular flexibility index (Phi) is 3.94. The number of aliphatic hydroxyl groups excluding tert-OH is 1. The summed E-state index contributed by atoms with van der Waals surface area (Å²) in [4.78, 5) is 0. The molecule has 1 aliphatic rings. The van der Waals surface area contributed by atoms with Crippen LogP contribution in [0.3, 0.4) is 0 Å². The van der Waals surface area contributed by atoms with Gasteiger partial charge in [0.05, 0.1) is 12.3 Å². The van der Waals surface area contributed by atoms with E-state index in [4.69, 9.17) is 5.73 Å². The molecule has 1 aromatic heterocycles. The SMILES string of the molecule is CC(CO)Sc1nnc(N)n1-c1ccc(C2CC2)c2ccccc12. The summed E-state index contributed by atoms with van der Waals surface area (Å²) in [5.41, 5.74) is 8.51. The van der Waals surface area contributed by atoms with Crippen LogP contribution in [0.15, 0.2) is 41.6 Å². The average molecular weight is 340 g/mol. The van der Waals surface area contributed by atoms with Gasteiger partial charge >= 0.3 is 0 Å². The molecule has 2 aromatic carbocycles. The van der Waals surface area contributed by atoms with Crippen molar-refractivity contribution in [1.82, 2.24) is 14.8 Å². The zero-order valence-electron chi connectivity index (χ0n) is 13.5. The Morgan fingerprint density at radius 3 is 2.67 bits per heavy atom. The van der Waals surface area contributed by atoms with Crippen molar-refractivity contribution in [2.45, 2.75) is 36.1 Å². The molecule has 6 heteroatoms. The van der Waals surface area contributed by atoms with Gasteiger partial charge in [0, 0.05) is 10.6 Å². The molecule has 1 fully saturated rings. The normalized spacial score (nSPS) is 15.8. The topological polar surface area (TPSA) is 77.0 Å². The highest BCUT2D eigenvalue weighted by Gasteiger charge is 2.26. The van der Waals surface area contributed by atoms with Gasteiger partial charge in [-0.1, -0.05) is 49.0 Å². The van der Waals surface area contributed by atoms with E-state index in [-0.39, 0.29) is 11.9 Å². The van der Waals surface area contributed by atoms with E-state index in [0.29, 0.717) is 17.0 Å². The van der Waals surface area contributed by atoms with Crippen molar-refractivity contribution < 1.29 is 5.11 Å². The number of benzene rings is 2. The van der Waals surface area contributed by atoms with E-state index in [1.807, 2.05) is 17.6 Å². The monoisotopic (exact) mass is 340 g/mol. The lowest BCUT2D eigenvalue weighted by Gasteiger charge is -2.15. The van der Waals surface area contributed by atoms with E-state index in [9.17, 15) is 5.11 Å². The van der Waals surface area contributed by atoms with Crippen molar-refractivity contribution in [2.24, 2.45) is 0 Å². The fraction of sp³-hybridized carbons (Fsp3) is 0.333.